The Kier molecular flexibility index (Phi) is 5.89. The van der Waals surface area contributed by atoms with E-state index in [0.29, 0.717) is 31.7 Å². The van der Waals surface area contributed by atoms with Gasteiger partial charge in [-0.05, 0) is 63.7 Å². The fourth-order valence-corrected chi connectivity index (χ4v) is 6.21. The van der Waals surface area contributed by atoms with E-state index in [9.17, 15) is 13.5 Å². The van der Waals surface area contributed by atoms with Gasteiger partial charge >= 0.3 is 0 Å². The third-order valence-electron chi connectivity index (χ3n) is 6.31. The molecule has 152 valence electrons. The first-order valence-electron chi connectivity index (χ1n) is 10.3. The molecule has 3 aliphatic heterocycles. The Morgan fingerprint density at radius 2 is 1.67 bits per heavy atom. The largest absolute Gasteiger partial charge is 0.447 e. The monoisotopic (exact) mass is 397 g/mol. The predicted molar refractivity (Wildman–Crippen MR) is 102 cm³/mol. The van der Waals surface area contributed by atoms with Crippen LogP contribution >= 0.6 is 0 Å². The van der Waals surface area contributed by atoms with E-state index in [1.54, 1.807) is 6.07 Å². The van der Waals surface area contributed by atoms with Gasteiger partial charge in [-0.25, -0.2) is 8.42 Å². The molecule has 2 atom stereocenters. The van der Waals surface area contributed by atoms with Crippen molar-refractivity contribution in [3.8, 4) is 0 Å². The molecule has 4 heterocycles. The number of sulfonamides is 1. The number of rotatable bonds is 7. The minimum absolute atomic E-state index is 0.0787. The summed E-state index contributed by atoms with van der Waals surface area (Å²) in [5.41, 5.74) is 0. The lowest BCUT2D eigenvalue weighted by Gasteiger charge is -2.30. The molecule has 0 unspecified atom stereocenters. The topological polar surface area (TPSA) is 77.2 Å². The average molecular weight is 398 g/mol. The highest BCUT2D eigenvalue weighted by molar-refractivity contribution is 7.89. The summed E-state index contributed by atoms with van der Waals surface area (Å²) >= 11 is 0. The van der Waals surface area contributed by atoms with Crippen LogP contribution in [0.15, 0.2) is 21.6 Å². The van der Waals surface area contributed by atoms with Gasteiger partial charge in [0, 0.05) is 31.7 Å². The molecule has 0 bridgehead atoms. The lowest BCUT2D eigenvalue weighted by Crippen LogP contribution is -2.43. The summed E-state index contributed by atoms with van der Waals surface area (Å²) in [6, 6.07) is 4.16. The highest BCUT2D eigenvalue weighted by atomic mass is 32.2. The van der Waals surface area contributed by atoms with E-state index in [-0.39, 0.29) is 11.7 Å². The maximum absolute atomic E-state index is 12.6. The van der Waals surface area contributed by atoms with Gasteiger partial charge in [0.2, 0.25) is 5.09 Å². The van der Waals surface area contributed by atoms with Gasteiger partial charge in [0.15, 0.2) is 0 Å². The summed E-state index contributed by atoms with van der Waals surface area (Å²) in [6.45, 7) is 5.12. The molecular weight excluding hydrogens is 366 g/mol. The summed E-state index contributed by atoms with van der Waals surface area (Å²) in [7, 11) is -3.48. The van der Waals surface area contributed by atoms with Gasteiger partial charge in [0.05, 0.1) is 13.2 Å². The van der Waals surface area contributed by atoms with E-state index in [1.165, 1.54) is 4.31 Å². The zero-order chi connectivity index (χ0) is 18.9. The number of aliphatic hydroxyl groups is 1. The third kappa shape index (κ3) is 4.10. The maximum Gasteiger partial charge on any atom is 0.276 e. The van der Waals surface area contributed by atoms with Crippen molar-refractivity contribution in [1.29, 1.82) is 0 Å². The minimum atomic E-state index is -3.48. The van der Waals surface area contributed by atoms with Crippen molar-refractivity contribution in [2.75, 3.05) is 39.3 Å². The molecular formula is C19H31N3O4S. The normalized spacial score (nSPS) is 28.5. The van der Waals surface area contributed by atoms with Crippen LogP contribution in [0, 0.1) is 0 Å². The highest BCUT2D eigenvalue weighted by Gasteiger charge is 2.33. The Labute approximate surface area is 162 Å². The molecule has 3 fully saturated rings. The zero-order valence-electron chi connectivity index (χ0n) is 15.9. The van der Waals surface area contributed by atoms with Gasteiger partial charge in [-0.1, -0.05) is 0 Å². The van der Waals surface area contributed by atoms with Crippen LogP contribution in [0.5, 0.6) is 0 Å². The first-order chi connectivity index (χ1) is 13.1. The average Bonchev–Trinajstić information content (AvgIpc) is 3.45. The number of hydrogen-bond acceptors (Lipinski definition) is 6. The third-order valence-corrected chi connectivity index (χ3v) is 8.08. The molecule has 0 amide bonds. The quantitative estimate of drug-likeness (QED) is 0.751. The predicted octanol–water partition coefficient (Wildman–Crippen LogP) is 1.49. The molecule has 8 heteroatoms. The van der Waals surface area contributed by atoms with Crippen molar-refractivity contribution in [2.45, 2.75) is 62.2 Å². The van der Waals surface area contributed by atoms with Crippen LogP contribution in [0.2, 0.25) is 0 Å². The summed E-state index contributed by atoms with van der Waals surface area (Å²) in [5.74, 6) is 0.722. The molecule has 0 saturated carbocycles. The zero-order valence-corrected chi connectivity index (χ0v) is 16.7. The molecule has 0 radical (unpaired) electrons. The van der Waals surface area contributed by atoms with Crippen molar-refractivity contribution in [3.05, 3.63) is 17.9 Å². The Balaban J connectivity index is 1.39. The molecule has 1 aromatic heterocycles. The molecule has 0 spiro atoms. The molecule has 3 saturated heterocycles. The lowest BCUT2D eigenvalue weighted by atomic mass is 10.2. The number of furan rings is 1. The van der Waals surface area contributed by atoms with E-state index in [0.717, 1.165) is 63.9 Å². The summed E-state index contributed by atoms with van der Waals surface area (Å²) in [4.78, 5) is 4.81. The fraction of sp³-hybridized carbons (Fsp3) is 0.789. The van der Waals surface area contributed by atoms with Crippen molar-refractivity contribution in [3.63, 3.8) is 0 Å². The maximum atomic E-state index is 12.6. The van der Waals surface area contributed by atoms with Crippen LogP contribution in [-0.4, -0.2) is 79.0 Å². The molecule has 1 aromatic rings. The number of hydrogen-bond donors (Lipinski definition) is 1. The van der Waals surface area contributed by atoms with E-state index in [4.69, 9.17) is 4.42 Å². The van der Waals surface area contributed by atoms with Gasteiger partial charge in [0.25, 0.3) is 10.0 Å². The molecule has 3 aliphatic rings. The Hall–Kier alpha value is -0.930. The van der Waals surface area contributed by atoms with Crippen LogP contribution in [0.4, 0.5) is 0 Å². The summed E-state index contributed by atoms with van der Waals surface area (Å²) in [5, 5.41) is 9.63. The fourth-order valence-electron chi connectivity index (χ4n) is 4.76. The van der Waals surface area contributed by atoms with E-state index in [2.05, 4.69) is 9.80 Å². The molecule has 0 aliphatic carbocycles. The van der Waals surface area contributed by atoms with Gasteiger partial charge in [-0.3, -0.25) is 9.80 Å². The SMILES string of the molecule is O=S(=O)(c1ccc(CN2CCC[C@H]2CN2CCC[C@@H]2CO)o1)N1CCCC1. The van der Waals surface area contributed by atoms with Gasteiger partial charge in [0.1, 0.15) is 5.76 Å². The van der Waals surface area contributed by atoms with Crippen LogP contribution < -0.4 is 0 Å². The smallest absolute Gasteiger partial charge is 0.276 e. The standard InChI is InChI=1S/C19H31N3O4S/c23-15-17-6-4-9-20(17)13-16-5-3-10-21(16)14-18-7-8-19(26-18)27(24,25)22-11-1-2-12-22/h7-8,16-17,23H,1-6,9-15H2/t16-,17+/m0/s1. The van der Waals surface area contributed by atoms with E-state index in [1.807, 2.05) is 6.07 Å². The molecule has 7 nitrogen and oxygen atoms in total. The second-order valence-electron chi connectivity index (χ2n) is 8.07. The second-order valence-corrected chi connectivity index (χ2v) is 9.94. The summed E-state index contributed by atoms with van der Waals surface area (Å²) < 4.78 is 32.6. The number of nitrogens with zero attached hydrogens (tertiary/aromatic N) is 3. The van der Waals surface area contributed by atoms with Crippen molar-refractivity contribution >= 4 is 10.0 Å². The van der Waals surface area contributed by atoms with Crippen LogP contribution in [0.1, 0.15) is 44.3 Å². The van der Waals surface area contributed by atoms with Crippen LogP contribution in [0.25, 0.3) is 0 Å². The first kappa shape index (κ1) is 19.4. The van der Waals surface area contributed by atoms with Gasteiger partial charge < -0.3 is 9.52 Å². The number of aliphatic hydroxyl groups excluding tert-OH is 1. The second kappa shape index (κ2) is 8.21. The van der Waals surface area contributed by atoms with Crippen molar-refractivity contribution in [1.82, 2.24) is 14.1 Å². The lowest BCUT2D eigenvalue weighted by molar-refractivity contribution is 0.116. The first-order valence-corrected chi connectivity index (χ1v) is 11.7. The van der Waals surface area contributed by atoms with E-state index >= 15 is 0 Å². The molecule has 4 rings (SSSR count). The van der Waals surface area contributed by atoms with Crippen LogP contribution in [0.3, 0.4) is 0 Å². The van der Waals surface area contributed by atoms with E-state index < -0.39 is 10.0 Å². The van der Waals surface area contributed by atoms with Crippen molar-refractivity contribution in [2.24, 2.45) is 0 Å². The van der Waals surface area contributed by atoms with Gasteiger partial charge in [-0.15, -0.1) is 0 Å². The summed E-state index contributed by atoms with van der Waals surface area (Å²) in [6.07, 6.45) is 6.39. The van der Waals surface area contributed by atoms with Gasteiger partial charge in [-0.2, -0.15) is 4.31 Å². The van der Waals surface area contributed by atoms with Crippen molar-refractivity contribution < 1.29 is 17.9 Å². The Morgan fingerprint density at radius 1 is 0.963 bits per heavy atom. The number of likely N-dealkylation sites (tertiary alicyclic amines) is 2. The molecule has 27 heavy (non-hydrogen) atoms. The highest BCUT2D eigenvalue weighted by Crippen LogP contribution is 2.27. The molecule has 1 N–H and O–H groups in total. The molecule has 0 aromatic carbocycles. The van der Waals surface area contributed by atoms with Crippen LogP contribution in [-0.2, 0) is 16.6 Å². The minimum Gasteiger partial charge on any atom is -0.447 e. The Bertz CT molecular complexity index is 729. The Morgan fingerprint density at radius 3 is 2.41 bits per heavy atom.